The Balaban J connectivity index is 1.71. The molecule has 2 fully saturated rings. The monoisotopic (exact) mass is 295 g/mol. The highest BCUT2D eigenvalue weighted by Crippen LogP contribution is 2.40. The molecule has 21 heavy (non-hydrogen) atoms. The Morgan fingerprint density at radius 1 is 1.19 bits per heavy atom. The molecule has 2 unspecified atom stereocenters. The van der Waals surface area contributed by atoms with Crippen LogP contribution in [-0.4, -0.2) is 60.7 Å². The van der Waals surface area contributed by atoms with Crippen LogP contribution >= 0.6 is 0 Å². The lowest BCUT2D eigenvalue weighted by Crippen LogP contribution is -2.48. The van der Waals surface area contributed by atoms with Gasteiger partial charge in [-0.25, -0.2) is 0 Å². The van der Waals surface area contributed by atoms with Crippen LogP contribution in [0.15, 0.2) is 0 Å². The highest BCUT2D eigenvalue weighted by Gasteiger charge is 2.49. The zero-order valence-electron chi connectivity index (χ0n) is 12.9. The van der Waals surface area contributed by atoms with Crippen molar-refractivity contribution in [3.63, 3.8) is 0 Å². The largest absolute Gasteiger partial charge is 0.356 e. The summed E-state index contributed by atoms with van der Waals surface area (Å²) in [6, 6.07) is 0. The minimum Gasteiger partial charge on any atom is -0.356 e. The standard InChI is InChI=1S/C15H25N3O3/c1-11(2)3-4-16-14(20)12-9-13(12)15(21)18-7-5-17(10-19)6-8-18/h10-13H,3-9H2,1-2H3,(H,16,20). The molecule has 0 aromatic carbocycles. The molecule has 6 heteroatoms. The highest BCUT2D eigenvalue weighted by molar-refractivity contribution is 5.92. The third-order valence-corrected chi connectivity index (χ3v) is 4.24. The third-order valence-electron chi connectivity index (χ3n) is 4.24. The third kappa shape index (κ3) is 4.19. The van der Waals surface area contributed by atoms with Gasteiger partial charge in [-0.3, -0.25) is 14.4 Å². The van der Waals surface area contributed by atoms with Crippen LogP contribution in [0, 0.1) is 17.8 Å². The molecule has 2 rings (SSSR count). The van der Waals surface area contributed by atoms with E-state index in [1.807, 2.05) is 0 Å². The average molecular weight is 295 g/mol. The van der Waals surface area contributed by atoms with Crippen LogP contribution in [0.25, 0.3) is 0 Å². The van der Waals surface area contributed by atoms with Crippen molar-refractivity contribution in [1.82, 2.24) is 15.1 Å². The van der Waals surface area contributed by atoms with E-state index in [2.05, 4.69) is 19.2 Å². The van der Waals surface area contributed by atoms with Crippen molar-refractivity contribution in [3.05, 3.63) is 0 Å². The number of hydrogen-bond acceptors (Lipinski definition) is 3. The summed E-state index contributed by atoms with van der Waals surface area (Å²) in [5.74, 6) is 0.363. The first-order chi connectivity index (χ1) is 10.0. The zero-order valence-corrected chi connectivity index (χ0v) is 12.9. The first-order valence-corrected chi connectivity index (χ1v) is 7.78. The molecular weight excluding hydrogens is 270 g/mol. The number of nitrogens with zero attached hydrogens (tertiary/aromatic N) is 2. The predicted octanol–water partition coefficient (Wildman–Crippen LogP) is 0.0854. The van der Waals surface area contributed by atoms with Crippen LogP contribution in [-0.2, 0) is 14.4 Å². The number of carbonyl (C=O) groups excluding carboxylic acids is 3. The summed E-state index contributed by atoms with van der Waals surface area (Å²) >= 11 is 0. The van der Waals surface area contributed by atoms with Gasteiger partial charge in [0, 0.05) is 32.7 Å². The minimum atomic E-state index is -0.146. The van der Waals surface area contributed by atoms with Gasteiger partial charge in [-0.1, -0.05) is 13.8 Å². The van der Waals surface area contributed by atoms with E-state index >= 15 is 0 Å². The van der Waals surface area contributed by atoms with Gasteiger partial charge in [0.25, 0.3) is 0 Å². The SMILES string of the molecule is CC(C)CCNC(=O)C1CC1C(=O)N1CCN(C=O)CC1. The summed E-state index contributed by atoms with van der Waals surface area (Å²) in [5, 5.41) is 2.92. The Kier molecular flexibility index (Phi) is 5.20. The summed E-state index contributed by atoms with van der Waals surface area (Å²) in [5.41, 5.74) is 0. The number of carbonyl (C=O) groups is 3. The van der Waals surface area contributed by atoms with Crippen molar-refractivity contribution < 1.29 is 14.4 Å². The van der Waals surface area contributed by atoms with Gasteiger partial charge in [0.05, 0.1) is 11.8 Å². The van der Waals surface area contributed by atoms with Crippen LogP contribution in [0.5, 0.6) is 0 Å². The predicted molar refractivity (Wildman–Crippen MR) is 78.3 cm³/mol. The Morgan fingerprint density at radius 2 is 1.86 bits per heavy atom. The Labute approximate surface area is 125 Å². The quantitative estimate of drug-likeness (QED) is 0.706. The van der Waals surface area contributed by atoms with E-state index in [0.29, 0.717) is 45.1 Å². The van der Waals surface area contributed by atoms with Crippen LogP contribution in [0.4, 0.5) is 0 Å². The molecule has 1 heterocycles. The van der Waals surface area contributed by atoms with Gasteiger partial charge < -0.3 is 15.1 Å². The van der Waals surface area contributed by atoms with Gasteiger partial charge in [-0.15, -0.1) is 0 Å². The molecule has 118 valence electrons. The Bertz CT molecular complexity index is 403. The van der Waals surface area contributed by atoms with Crippen molar-refractivity contribution in [2.75, 3.05) is 32.7 Å². The molecule has 0 radical (unpaired) electrons. The molecule has 1 aliphatic carbocycles. The van der Waals surface area contributed by atoms with E-state index in [9.17, 15) is 14.4 Å². The maximum atomic E-state index is 12.3. The first-order valence-electron chi connectivity index (χ1n) is 7.78. The molecule has 1 aliphatic heterocycles. The fourth-order valence-electron chi connectivity index (χ4n) is 2.66. The van der Waals surface area contributed by atoms with E-state index in [0.717, 1.165) is 12.8 Å². The summed E-state index contributed by atoms with van der Waals surface area (Å²) in [6.07, 6.45) is 2.45. The molecule has 6 nitrogen and oxygen atoms in total. The maximum absolute atomic E-state index is 12.3. The van der Waals surface area contributed by atoms with Crippen molar-refractivity contribution in [2.45, 2.75) is 26.7 Å². The number of amides is 3. The summed E-state index contributed by atoms with van der Waals surface area (Å²) in [4.78, 5) is 38.3. The van der Waals surface area contributed by atoms with Crippen LogP contribution in [0.1, 0.15) is 26.7 Å². The lowest BCUT2D eigenvalue weighted by Gasteiger charge is -2.32. The number of nitrogens with one attached hydrogen (secondary N) is 1. The van der Waals surface area contributed by atoms with Gasteiger partial charge in [-0.05, 0) is 18.8 Å². The average Bonchev–Trinajstić information content (AvgIpc) is 3.26. The molecule has 1 N–H and O–H groups in total. The summed E-state index contributed by atoms with van der Waals surface area (Å²) in [7, 11) is 0. The topological polar surface area (TPSA) is 69.7 Å². The van der Waals surface area contributed by atoms with E-state index in [1.165, 1.54) is 0 Å². The molecule has 2 aliphatic rings. The number of rotatable bonds is 6. The van der Waals surface area contributed by atoms with E-state index in [-0.39, 0.29) is 23.7 Å². The lowest BCUT2D eigenvalue weighted by molar-refractivity contribution is -0.137. The van der Waals surface area contributed by atoms with Crippen molar-refractivity contribution in [2.24, 2.45) is 17.8 Å². The second-order valence-corrected chi connectivity index (χ2v) is 6.39. The van der Waals surface area contributed by atoms with Crippen LogP contribution in [0.2, 0.25) is 0 Å². The smallest absolute Gasteiger partial charge is 0.226 e. The van der Waals surface area contributed by atoms with Crippen molar-refractivity contribution >= 4 is 18.2 Å². The van der Waals surface area contributed by atoms with Crippen molar-refractivity contribution in [3.8, 4) is 0 Å². The van der Waals surface area contributed by atoms with Gasteiger partial charge in [-0.2, -0.15) is 0 Å². The van der Waals surface area contributed by atoms with Gasteiger partial charge in [0.15, 0.2) is 0 Å². The molecule has 3 amide bonds. The lowest BCUT2D eigenvalue weighted by atomic mass is 10.1. The van der Waals surface area contributed by atoms with Gasteiger partial charge in [0.1, 0.15) is 0 Å². The molecule has 1 saturated carbocycles. The second-order valence-electron chi connectivity index (χ2n) is 6.39. The fraction of sp³-hybridized carbons (Fsp3) is 0.800. The summed E-state index contributed by atoms with van der Waals surface area (Å²) in [6.45, 7) is 7.26. The van der Waals surface area contributed by atoms with Gasteiger partial charge in [0.2, 0.25) is 18.2 Å². The molecule has 0 aromatic heterocycles. The normalized spacial score (nSPS) is 24.9. The number of piperazine rings is 1. The molecule has 2 atom stereocenters. The maximum Gasteiger partial charge on any atom is 0.226 e. The zero-order chi connectivity index (χ0) is 15.4. The second kappa shape index (κ2) is 6.91. The minimum absolute atomic E-state index is 0.0144. The van der Waals surface area contributed by atoms with E-state index in [4.69, 9.17) is 0 Å². The molecule has 0 bridgehead atoms. The van der Waals surface area contributed by atoms with E-state index < -0.39 is 0 Å². The summed E-state index contributed by atoms with van der Waals surface area (Å²) < 4.78 is 0. The number of hydrogen-bond donors (Lipinski definition) is 1. The van der Waals surface area contributed by atoms with Crippen molar-refractivity contribution in [1.29, 1.82) is 0 Å². The fourth-order valence-corrected chi connectivity index (χ4v) is 2.66. The molecule has 0 spiro atoms. The first kappa shape index (κ1) is 15.8. The molecular formula is C15H25N3O3. The Hall–Kier alpha value is -1.59. The van der Waals surface area contributed by atoms with E-state index in [1.54, 1.807) is 9.80 Å². The van der Waals surface area contributed by atoms with Crippen LogP contribution < -0.4 is 5.32 Å². The Morgan fingerprint density at radius 3 is 2.43 bits per heavy atom. The highest BCUT2D eigenvalue weighted by atomic mass is 16.2. The van der Waals surface area contributed by atoms with Gasteiger partial charge >= 0.3 is 0 Å². The van der Waals surface area contributed by atoms with Crippen LogP contribution in [0.3, 0.4) is 0 Å². The molecule has 0 aromatic rings. The molecule has 1 saturated heterocycles.